The van der Waals surface area contributed by atoms with Crippen LogP contribution in [0.25, 0.3) is 5.76 Å². The maximum Gasteiger partial charge on any atom is 0.295 e. The Labute approximate surface area is 209 Å². The number of carbonyl (C=O) groups is 2. The molecule has 1 fully saturated rings. The van der Waals surface area contributed by atoms with Crippen LogP contribution < -0.4 is 4.74 Å². The number of nitrogens with zero attached hydrogens (tertiary/aromatic N) is 2. The number of benzene rings is 2. The van der Waals surface area contributed by atoms with Crippen LogP contribution in [0.1, 0.15) is 49.9 Å². The molecule has 0 radical (unpaired) electrons. The fourth-order valence-corrected chi connectivity index (χ4v) is 5.10. The normalized spacial score (nSPS) is 21.3. The highest BCUT2D eigenvalue weighted by Gasteiger charge is 2.45. The Morgan fingerprint density at radius 2 is 1.85 bits per heavy atom. The zero-order valence-corrected chi connectivity index (χ0v) is 21.5. The Morgan fingerprint density at radius 1 is 1.15 bits per heavy atom. The molecule has 0 aromatic heterocycles. The SMILES string of the molecule is CCN(CC)CCCN1C(=O)C(=O)/C(=C(/O)c2ccc3c(c2)C[C@@H](C)O3)[C@@H]1c1ccc(Br)cc1. The van der Waals surface area contributed by atoms with Crippen LogP contribution in [-0.2, 0) is 16.0 Å². The average molecular weight is 527 g/mol. The standard InChI is InChI=1S/C27H31BrN2O4/c1-4-29(5-2)13-6-14-30-24(18-7-10-21(28)11-8-18)23(26(32)27(30)33)25(31)19-9-12-22-20(16-19)15-17(3)34-22/h7-12,16-17,24,31H,4-6,13-15H2,1-3H3/b25-23+/t17-,24+/m1/s1. The first kappa shape index (κ1) is 24.5. The Kier molecular flexibility index (Phi) is 7.43. The molecule has 0 spiro atoms. The summed E-state index contributed by atoms with van der Waals surface area (Å²) in [5.41, 5.74) is 2.46. The average Bonchev–Trinajstić information content (AvgIpc) is 3.32. The summed E-state index contributed by atoms with van der Waals surface area (Å²) in [5, 5.41) is 11.3. The third kappa shape index (κ3) is 4.77. The zero-order valence-electron chi connectivity index (χ0n) is 19.9. The van der Waals surface area contributed by atoms with Gasteiger partial charge in [-0.05, 0) is 74.4 Å². The number of aliphatic hydroxyl groups is 1. The fourth-order valence-electron chi connectivity index (χ4n) is 4.83. The number of fused-ring (bicyclic) bond motifs is 1. The van der Waals surface area contributed by atoms with Gasteiger partial charge in [0, 0.05) is 23.0 Å². The monoisotopic (exact) mass is 526 g/mol. The second-order valence-corrected chi connectivity index (χ2v) is 9.80. The van der Waals surface area contributed by atoms with E-state index in [-0.39, 0.29) is 17.4 Å². The minimum Gasteiger partial charge on any atom is -0.507 e. The van der Waals surface area contributed by atoms with Crippen LogP contribution in [0.4, 0.5) is 0 Å². The van der Waals surface area contributed by atoms with E-state index in [1.54, 1.807) is 11.0 Å². The molecular formula is C27H31BrN2O4. The van der Waals surface area contributed by atoms with Gasteiger partial charge in [0.1, 0.15) is 17.6 Å². The molecule has 0 unspecified atom stereocenters. The van der Waals surface area contributed by atoms with Crippen molar-refractivity contribution in [3.05, 3.63) is 69.2 Å². The fraction of sp³-hybridized carbons (Fsp3) is 0.407. The van der Waals surface area contributed by atoms with Gasteiger partial charge in [-0.1, -0.05) is 41.9 Å². The number of hydrogen-bond acceptors (Lipinski definition) is 5. The minimum atomic E-state index is -0.640. The lowest BCUT2D eigenvalue weighted by Gasteiger charge is -2.27. The third-order valence-corrected chi connectivity index (χ3v) is 7.19. The van der Waals surface area contributed by atoms with Gasteiger partial charge in [0.2, 0.25) is 0 Å². The highest BCUT2D eigenvalue weighted by molar-refractivity contribution is 9.10. The van der Waals surface area contributed by atoms with Gasteiger partial charge in [-0.2, -0.15) is 0 Å². The second kappa shape index (κ2) is 10.3. The molecule has 0 bridgehead atoms. The summed E-state index contributed by atoms with van der Waals surface area (Å²) in [4.78, 5) is 30.3. The van der Waals surface area contributed by atoms with Crippen molar-refractivity contribution in [2.75, 3.05) is 26.2 Å². The number of aliphatic hydroxyl groups excluding tert-OH is 1. The highest BCUT2D eigenvalue weighted by atomic mass is 79.9. The van der Waals surface area contributed by atoms with Gasteiger partial charge in [0.05, 0.1) is 11.6 Å². The van der Waals surface area contributed by atoms with E-state index in [1.165, 1.54) is 0 Å². The first-order valence-electron chi connectivity index (χ1n) is 11.9. The van der Waals surface area contributed by atoms with Crippen molar-refractivity contribution in [3.63, 3.8) is 0 Å². The third-order valence-electron chi connectivity index (χ3n) is 6.66. The number of hydrogen-bond donors (Lipinski definition) is 1. The number of rotatable bonds is 8. The van der Waals surface area contributed by atoms with Gasteiger partial charge in [0.25, 0.3) is 11.7 Å². The molecule has 2 aliphatic rings. The maximum atomic E-state index is 13.2. The summed E-state index contributed by atoms with van der Waals surface area (Å²) in [7, 11) is 0. The second-order valence-electron chi connectivity index (χ2n) is 8.88. The molecular weight excluding hydrogens is 496 g/mol. The summed E-state index contributed by atoms with van der Waals surface area (Å²) in [6, 6.07) is 12.4. The van der Waals surface area contributed by atoms with Crippen molar-refractivity contribution in [1.82, 2.24) is 9.80 Å². The molecule has 6 nitrogen and oxygen atoms in total. The van der Waals surface area contributed by atoms with E-state index in [0.29, 0.717) is 12.1 Å². The lowest BCUT2D eigenvalue weighted by Crippen LogP contribution is -2.33. The van der Waals surface area contributed by atoms with Gasteiger partial charge < -0.3 is 19.6 Å². The van der Waals surface area contributed by atoms with Crippen molar-refractivity contribution >= 4 is 33.4 Å². The molecule has 2 atom stereocenters. The lowest BCUT2D eigenvalue weighted by molar-refractivity contribution is -0.140. The Bertz CT molecular complexity index is 1110. The Balaban J connectivity index is 1.72. The van der Waals surface area contributed by atoms with Gasteiger partial charge in [-0.15, -0.1) is 0 Å². The Hall–Kier alpha value is -2.64. The van der Waals surface area contributed by atoms with E-state index in [4.69, 9.17) is 4.74 Å². The molecule has 180 valence electrons. The minimum absolute atomic E-state index is 0.0755. The molecule has 1 saturated heterocycles. The molecule has 7 heteroatoms. The van der Waals surface area contributed by atoms with Gasteiger partial charge in [-0.25, -0.2) is 0 Å². The summed E-state index contributed by atoms with van der Waals surface area (Å²) in [5.74, 6) is -0.546. The van der Waals surface area contributed by atoms with Gasteiger partial charge in [-0.3, -0.25) is 9.59 Å². The van der Waals surface area contributed by atoms with Crippen molar-refractivity contribution < 1.29 is 19.4 Å². The molecule has 2 heterocycles. The Morgan fingerprint density at radius 3 is 2.53 bits per heavy atom. The largest absolute Gasteiger partial charge is 0.507 e. The molecule has 34 heavy (non-hydrogen) atoms. The summed E-state index contributed by atoms with van der Waals surface area (Å²) < 4.78 is 6.68. The molecule has 0 aliphatic carbocycles. The van der Waals surface area contributed by atoms with Crippen molar-refractivity contribution in [3.8, 4) is 5.75 Å². The number of Topliss-reactive ketones (excluding diaryl/α,β-unsaturated/α-hetero) is 1. The van der Waals surface area contributed by atoms with Crippen LogP contribution in [-0.4, -0.2) is 58.9 Å². The molecule has 2 aliphatic heterocycles. The predicted molar refractivity (Wildman–Crippen MR) is 136 cm³/mol. The molecule has 1 N–H and O–H groups in total. The van der Waals surface area contributed by atoms with Gasteiger partial charge >= 0.3 is 0 Å². The van der Waals surface area contributed by atoms with Gasteiger partial charge in [0.15, 0.2) is 0 Å². The molecule has 4 rings (SSSR count). The molecule has 1 amide bonds. The summed E-state index contributed by atoms with van der Waals surface area (Å²) in [6.45, 7) is 9.37. The van der Waals surface area contributed by atoms with E-state index in [2.05, 4.69) is 34.7 Å². The number of amides is 1. The van der Waals surface area contributed by atoms with Crippen molar-refractivity contribution in [2.24, 2.45) is 0 Å². The first-order valence-corrected chi connectivity index (χ1v) is 12.7. The van der Waals surface area contributed by atoms with Crippen LogP contribution in [0.15, 0.2) is 52.5 Å². The maximum absolute atomic E-state index is 13.2. The lowest BCUT2D eigenvalue weighted by atomic mass is 9.94. The van der Waals surface area contributed by atoms with Crippen LogP contribution in [0.2, 0.25) is 0 Å². The smallest absolute Gasteiger partial charge is 0.295 e. The van der Waals surface area contributed by atoms with Crippen molar-refractivity contribution in [2.45, 2.75) is 45.8 Å². The highest BCUT2D eigenvalue weighted by Crippen LogP contribution is 2.41. The summed E-state index contributed by atoms with van der Waals surface area (Å²) >= 11 is 3.45. The van der Waals surface area contributed by atoms with Crippen molar-refractivity contribution in [1.29, 1.82) is 0 Å². The van der Waals surface area contributed by atoms with E-state index < -0.39 is 17.7 Å². The first-order chi connectivity index (χ1) is 16.3. The number of halogens is 1. The van der Waals surface area contributed by atoms with Crippen LogP contribution in [0.3, 0.4) is 0 Å². The van der Waals surface area contributed by atoms with Crippen LogP contribution in [0, 0.1) is 0 Å². The number of ether oxygens (including phenoxy) is 1. The van der Waals surface area contributed by atoms with E-state index in [1.807, 2.05) is 43.3 Å². The molecule has 0 saturated carbocycles. The number of likely N-dealkylation sites (tertiary alicyclic amines) is 1. The van der Waals surface area contributed by atoms with Crippen LogP contribution in [0.5, 0.6) is 5.75 Å². The quantitative estimate of drug-likeness (QED) is 0.300. The zero-order chi connectivity index (χ0) is 24.4. The topological polar surface area (TPSA) is 70.1 Å². The predicted octanol–water partition coefficient (Wildman–Crippen LogP) is 4.93. The number of carbonyl (C=O) groups excluding carboxylic acids is 2. The molecule has 2 aromatic carbocycles. The van der Waals surface area contributed by atoms with E-state index in [9.17, 15) is 14.7 Å². The van der Waals surface area contributed by atoms with Crippen LogP contribution >= 0.6 is 15.9 Å². The van der Waals surface area contributed by atoms with E-state index >= 15 is 0 Å². The van der Waals surface area contributed by atoms with E-state index in [0.717, 1.165) is 53.8 Å². The number of ketones is 1. The summed E-state index contributed by atoms with van der Waals surface area (Å²) in [6.07, 6.45) is 1.56. The molecule has 2 aromatic rings.